The zero-order valence-electron chi connectivity index (χ0n) is 11.7. The van der Waals surface area contributed by atoms with Gasteiger partial charge in [0, 0.05) is 0 Å². The molecule has 2 rings (SSSR count). The maximum atomic E-state index is 11.9. The lowest BCUT2D eigenvalue weighted by Gasteiger charge is -2.32. The highest BCUT2D eigenvalue weighted by atomic mass is 79.9. The number of amides is 1. The van der Waals surface area contributed by atoms with Gasteiger partial charge in [-0.25, -0.2) is 0 Å². The number of hydrogen-bond donors (Lipinski definition) is 2. The van der Waals surface area contributed by atoms with Crippen molar-refractivity contribution in [1.82, 2.24) is 5.32 Å². The number of rotatable bonds is 6. The molecule has 0 radical (unpaired) electrons. The number of carbonyl (C=O) groups is 2. The van der Waals surface area contributed by atoms with E-state index < -0.39 is 17.8 Å². The molecule has 6 heteroatoms. The molecule has 1 fully saturated rings. The van der Waals surface area contributed by atoms with Gasteiger partial charge in [-0.15, -0.1) is 0 Å². The first-order chi connectivity index (χ1) is 9.99. The van der Waals surface area contributed by atoms with Crippen LogP contribution in [-0.4, -0.2) is 29.6 Å². The van der Waals surface area contributed by atoms with Crippen LogP contribution in [0.15, 0.2) is 28.7 Å². The smallest absolute Gasteiger partial charge is 0.307 e. The molecule has 21 heavy (non-hydrogen) atoms. The van der Waals surface area contributed by atoms with E-state index >= 15 is 0 Å². The number of hydrogen-bond acceptors (Lipinski definition) is 3. The summed E-state index contributed by atoms with van der Waals surface area (Å²) in [7, 11) is 0. The standard InChI is InChI=1S/C15H18BrNO4/c1-9(21-13-5-3-2-4-12(13)16)8-17-14(18)10-6-7-11(10)15(19)20/h2-5,9-11H,6-8H2,1H3,(H,17,18)(H,19,20). The number of carboxylic acid groups (broad SMARTS) is 1. The number of aliphatic carboxylic acids is 1. The molecule has 3 unspecified atom stereocenters. The Morgan fingerprint density at radius 3 is 2.62 bits per heavy atom. The summed E-state index contributed by atoms with van der Waals surface area (Å²) in [5.41, 5.74) is 0. The Bertz CT molecular complexity index is 534. The molecule has 2 N–H and O–H groups in total. The van der Waals surface area contributed by atoms with Crippen molar-refractivity contribution in [3.05, 3.63) is 28.7 Å². The van der Waals surface area contributed by atoms with Gasteiger partial charge in [0.25, 0.3) is 0 Å². The van der Waals surface area contributed by atoms with E-state index in [-0.39, 0.29) is 12.0 Å². The van der Waals surface area contributed by atoms with E-state index in [9.17, 15) is 9.59 Å². The van der Waals surface area contributed by atoms with Crippen LogP contribution in [0.1, 0.15) is 19.8 Å². The molecule has 1 aromatic carbocycles. The van der Waals surface area contributed by atoms with Crippen LogP contribution in [0.4, 0.5) is 0 Å². The first-order valence-corrected chi connectivity index (χ1v) is 7.70. The Hall–Kier alpha value is -1.56. The third-order valence-corrected chi connectivity index (χ3v) is 4.31. The van der Waals surface area contributed by atoms with E-state index in [0.29, 0.717) is 25.1 Å². The van der Waals surface area contributed by atoms with Gasteiger partial charge in [0.05, 0.1) is 22.9 Å². The Kier molecular flexibility index (Phi) is 5.22. The number of carbonyl (C=O) groups excluding carboxylic acids is 1. The molecule has 1 aliphatic carbocycles. The van der Waals surface area contributed by atoms with Crippen LogP contribution in [-0.2, 0) is 9.59 Å². The zero-order chi connectivity index (χ0) is 15.4. The SMILES string of the molecule is CC(CNC(=O)C1CCC1C(=O)O)Oc1ccccc1Br. The van der Waals surface area contributed by atoms with Crippen LogP contribution >= 0.6 is 15.9 Å². The second-order valence-corrected chi connectivity index (χ2v) is 6.09. The largest absolute Gasteiger partial charge is 0.488 e. The van der Waals surface area contributed by atoms with Crippen molar-refractivity contribution in [2.45, 2.75) is 25.9 Å². The van der Waals surface area contributed by atoms with E-state index in [4.69, 9.17) is 9.84 Å². The minimum Gasteiger partial charge on any atom is -0.488 e. The number of nitrogens with one attached hydrogen (secondary N) is 1. The zero-order valence-corrected chi connectivity index (χ0v) is 13.3. The maximum Gasteiger partial charge on any atom is 0.307 e. The summed E-state index contributed by atoms with van der Waals surface area (Å²) < 4.78 is 6.58. The molecule has 0 heterocycles. The Balaban J connectivity index is 1.79. The number of carboxylic acids is 1. The molecule has 3 atom stereocenters. The summed E-state index contributed by atoms with van der Waals surface area (Å²) in [5, 5.41) is 11.7. The lowest BCUT2D eigenvalue weighted by Crippen LogP contribution is -2.46. The summed E-state index contributed by atoms with van der Waals surface area (Å²) in [6, 6.07) is 7.49. The fourth-order valence-corrected chi connectivity index (χ4v) is 2.66. The average molecular weight is 356 g/mol. The van der Waals surface area contributed by atoms with Crippen molar-refractivity contribution in [1.29, 1.82) is 0 Å². The summed E-state index contributed by atoms with van der Waals surface area (Å²) in [6.45, 7) is 2.21. The van der Waals surface area contributed by atoms with Crippen molar-refractivity contribution in [2.75, 3.05) is 6.54 Å². The summed E-state index contributed by atoms with van der Waals surface area (Å²) >= 11 is 3.39. The minimum atomic E-state index is -0.890. The van der Waals surface area contributed by atoms with E-state index in [1.807, 2.05) is 31.2 Å². The van der Waals surface area contributed by atoms with Gasteiger partial charge >= 0.3 is 5.97 Å². The number of para-hydroxylation sites is 1. The second kappa shape index (κ2) is 6.93. The Morgan fingerprint density at radius 2 is 2.05 bits per heavy atom. The highest BCUT2D eigenvalue weighted by molar-refractivity contribution is 9.10. The Morgan fingerprint density at radius 1 is 1.38 bits per heavy atom. The van der Waals surface area contributed by atoms with Gasteiger partial charge in [0.2, 0.25) is 5.91 Å². The predicted molar refractivity (Wildman–Crippen MR) is 81.1 cm³/mol. The van der Waals surface area contributed by atoms with Crippen LogP contribution in [0.25, 0.3) is 0 Å². The van der Waals surface area contributed by atoms with Crippen molar-refractivity contribution >= 4 is 27.8 Å². The highest BCUT2D eigenvalue weighted by Gasteiger charge is 2.41. The topological polar surface area (TPSA) is 75.6 Å². The van der Waals surface area contributed by atoms with Gasteiger partial charge in [-0.3, -0.25) is 9.59 Å². The molecule has 0 bridgehead atoms. The fourth-order valence-electron chi connectivity index (χ4n) is 2.28. The lowest BCUT2D eigenvalue weighted by molar-refractivity contribution is -0.152. The van der Waals surface area contributed by atoms with E-state index in [1.165, 1.54) is 0 Å². The van der Waals surface area contributed by atoms with Crippen molar-refractivity contribution in [3.63, 3.8) is 0 Å². The fraction of sp³-hybridized carbons (Fsp3) is 0.467. The first-order valence-electron chi connectivity index (χ1n) is 6.90. The predicted octanol–water partition coefficient (Wildman–Crippen LogP) is 2.44. The van der Waals surface area contributed by atoms with Crippen molar-refractivity contribution in [2.24, 2.45) is 11.8 Å². The molecule has 1 amide bonds. The van der Waals surface area contributed by atoms with Gasteiger partial charge in [-0.05, 0) is 47.8 Å². The van der Waals surface area contributed by atoms with Gasteiger partial charge in [-0.2, -0.15) is 0 Å². The van der Waals surface area contributed by atoms with Crippen molar-refractivity contribution < 1.29 is 19.4 Å². The van der Waals surface area contributed by atoms with Crippen LogP contribution in [0, 0.1) is 11.8 Å². The number of halogens is 1. The lowest BCUT2D eigenvalue weighted by atomic mass is 9.73. The van der Waals surface area contributed by atoms with Gasteiger partial charge in [-0.1, -0.05) is 12.1 Å². The molecule has 0 aromatic heterocycles. The first kappa shape index (κ1) is 15.8. The van der Waals surface area contributed by atoms with Gasteiger partial charge < -0.3 is 15.2 Å². The highest BCUT2D eigenvalue weighted by Crippen LogP contribution is 2.34. The molecule has 5 nitrogen and oxygen atoms in total. The molecule has 1 saturated carbocycles. The van der Waals surface area contributed by atoms with E-state index in [0.717, 1.165) is 4.47 Å². The summed E-state index contributed by atoms with van der Waals surface area (Å²) in [6.07, 6.45) is 1.02. The normalized spacial score (nSPS) is 22.0. The van der Waals surface area contributed by atoms with Gasteiger partial charge in [0.15, 0.2) is 0 Å². The minimum absolute atomic E-state index is 0.198. The summed E-state index contributed by atoms with van der Waals surface area (Å²) in [5.74, 6) is -1.32. The van der Waals surface area contributed by atoms with Crippen LogP contribution < -0.4 is 10.1 Å². The van der Waals surface area contributed by atoms with Gasteiger partial charge in [0.1, 0.15) is 11.9 Å². The molecule has 0 spiro atoms. The molecular weight excluding hydrogens is 338 g/mol. The molecule has 1 aliphatic rings. The van der Waals surface area contributed by atoms with Crippen LogP contribution in [0.2, 0.25) is 0 Å². The third kappa shape index (κ3) is 3.97. The molecule has 1 aromatic rings. The average Bonchev–Trinajstić information content (AvgIpc) is 2.37. The van der Waals surface area contributed by atoms with Crippen molar-refractivity contribution in [3.8, 4) is 5.75 Å². The second-order valence-electron chi connectivity index (χ2n) is 5.23. The molecular formula is C15H18BrNO4. The third-order valence-electron chi connectivity index (χ3n) is 3.66. The summed E-state index contributed by atoms with van der Waals surface area (Å²) in [4.78, 5) is 22.8. The number of benzene rings is 1. The van der Waals surface area contributed by atoms with E-state index in [1.54, 1.807) is 0 Å². The molecule has 0 saturated heterocycles. The Labute approximate surface area is 131 Å². The quantitative estimate of drug-likeness (QED) is 0.821. The monoisotopic (exact) mass is 355 g/mol. The number of ether oxygens (including phenoxy) is 1. The molecule has 114 valence electrons. The maximum absolute atomic E-state index is 11.9. The van der Waals surface area contributed by atoms with Crippen LogP contribution in [0.5, 0.6) is 5.75 Å². The van der Waals surface area contributed by atoms with Crippen LogP contribution in [0.3, 0.4) is 0 Å². The molecule has 0 aliphatic heterocycles. The van der Waals surface area contributed by atoms with E-state index in [2.05, 4.69) is 21.2 Å².